The van der Waals surface area contributed by atoms with Gasteiger partial charge in [0, 0.05) is 23.1 Å². The van der Waals surface area contributed by atoms with Crippen molar-refractivity contribution in [2.75, 3.05) is 7.11 Å². The number of hydrogen-bond donors (Lipinski definition) is 1. The van der Waals surface area contributed by atoms with Crippen LogP contribution < -0.4 is 4.74 Å². The van der Waals surface area contributed by atoms with E-state index in [9.17, 15) is 9.90 Å². The topological polar surface area (TPSA) is 51.5 Å². The summed E-state index contributed by atoms with van der Waals surface area (Å²) in [6.07, 6.45) is 0.968. The smallest absolute Gasteiger partial charge is 0.335 e. The van der Waals surface area contributed by atoms with Gasteiger partial charge < -0.3 is 14.4 Å². The predicted molar refractivity (Wildman–Crippen MR) is 99.5 cm³/mol. The summed E-state index contributed by atoms with van der Waals surface area (Å²) >= 11 is 0. The van der Waals surface area contributed by atoms with Crippen molar-refractivity contribution < 1.29 is 14.6 Å². The largest absolute Gasteiger partial charge is 0.497 e. The molecule has 0 unspecified atom stereocenters. The molecule has 0 amide bonds. The predicted octanol–water partition coefficient (Wildman–Crippen LogP) is 4.59. The first-order chi connectivity index (χ1) is 12.0. The summed E-state index contributed by atoms with van der Waals surface area (Å²) in [6.45, 7) is 5.06. The summed E-state index contributed by atoms with van der Waals surface area (Å²) in [4.78, 5) is 11.2. The van der Waals surface area contributed by atoms with Crippen LogP contribution in [0.2, 0.25) is 0 Å². The summed E-state index contributed by atoms with van der Waals surface area (Å²) < 4.78 is 7.61. The average Bonchev–Trinajstić information content (AvgIpc) is 2.90. The molecule has 4 heteroatoms. The van der Waals surface area contributed by atoms with Gasteiger partial charge in [0.05, 0.1) is 12.7 Å². The number of rotatable bonds is 6. The second-order valence-corrected chi connectivity index (χ2v) is 6.75. The first-order valence-corrected chi connectivity index (χ1v) is 8.46. The Kier molecular flexibility index (Phi) is 4.79. The number of carbonyl (C=O) groups is 1. The van der Waals surface area contributed by atoms with Crippen molar-refractivity contribution in [3.63, 3.8) is 0 Å². The summed E-state index contributed by atoms with van der Waals surface area (Å²) in [5, 5.41) is 10.4. The van der Waals surface area contributed by atoms with Crippen molar-refractivity contribution in [2.24, 2.45) is 5.92 Å². The maximum atomic E-state index is 11.2. The Bertz CT molecular complexity index is 909. The summed E-state index contributed by atoms with van der Waals surface area (Å²) in [5.41, 5.74) is 3.69. The molecule has 1 heterocycles. The molecule has 0 spiro atoms. The Morgan fingerprint density at radius 2 is 1.96 bits per heavy atom. The molecule has 130 valence electrons. The van der Waals surface area contributed by atoms with E-state index in [1.165, 1.54) is 5.69 Å². The van der Waals surface area contributed by atoms with Crippen molar-refractivity contribution in [3.8, 4) is 5.75 Å². The number of carboxylic acid groups (broad SMARTS) is 1. The second kappa shape index (κ2) is 7.01. The molecular weight excluding hydrogens is 314 g/mol. The molecule has 0 aliphatic rings. The van der Waals surface area contributed by atoms with Gasteiger partial charge in [-0.1, -0.05) is 26.0 Å². The van der Waals surface area contributed by atoms with E-state index in [-0.39, 0.29) is 0 Å². The standard InChI is InChI=1S/C21H23NO3/c1-14(2)9-18-11-17-12-19(25-3)7-8-20(17)22(18)13-15-5-4-6-16(10-15)21(23)24/h4-8,10-12,14H,9,13H2,1-3H3,(H,23,24). The Hall–Kier alpha value is -2.75. The van der Waals surface area contributed by atoms with E-state index in [2.05, 4.69) is 30.5 Å². The lowest BCUT2D eigenvalue weighted by molar-refractivity contribution is 0.0696. The molecule has 3 aromatic rings. The Labute approximate surface area is 147 Å². The highest BCUT2D eigenvalue weighted by Gasteiger charge is 2.12. The van der Waals surface area contributed by atoms with Crippen molar-refractivity contribution in [2.45, 2.75) is 26.8 Å². The van der Waals surface area contributed by atoms with Gasteiger partial charge in [-0.3, -0.25) is 0 Å². The van der Waals surface area contributed by atoms with Gasteiger partial charge in [-0.05, 0) is 54.3 Å². The Morgan fingerprint density at radius 1 is 1.16 bits per heavy atom. The highest BCUT2D eigenvalue weighted by molar-refractivity contribution is 5.87. The normalized spacial score (nSPS) is 11.2. The van der Waals surface area contributed by atoms with E-state index in [1.54, 1.807) is 25.3 Å². The molecule has 4 nitrogen and oxygen atoms in total. The number of ether oxygens (including phenoxy) is 1. The van der Waals surface area contributed by atoms with Crippen LogP contribution in [0.4, 0.5) is 0 Å². The van der Waals surface area contributed by atoms with Crippen LogP contribution in [0.1, 0.15) is 35.5 Å². The molecule has 1 aromatic heterocycles. The van der Waals surface area contributed by atoms with Crippen LogP contribution >= 0.6 is 0 Å². The zero-order valence-electron chi connectivity index (χ0n) is 14.8. The maximum Gasteiger partial charge on any atom is 0.335 e. The van der Waals surface area contributed by atoms with Crippen LogP contribution in [-0.4, -0.2) is 22.8 Å². The summed E-state index contributed by atoms with van der Waals surface area (Å²) in [6, 6.07) is 15.4. The second-order valence-electron chi connectivity index (χ2n) is 6.75. The molecule has 0 saturated carbocycles. The van der Waals surface area contributed by atoms with Crippen LogP contribution in [0.3, 0.4) is 0 Å². The van der Waals surface area contributed by atoms with Crippen LogP contribution in [0.5, 0.6) is 5.75 Å². The highest BCUT2D eigenvalue weighted by atomic mass is 16.5. The average molecular weight is 337 g/mol. The quantitative estimate of drug-likeness (QED) is 0.715. The van der Waals surface area contributed by atoms with Gasteiger partial charge >= 0.3 is 5.97 Å². The minimum atomic E-state index is -0.897. The van der Waals surface area contributed by atoms with Gasteiger partial charge in [-0.2, -0.15) is 0 Å². The number of methoxy groups -OCH3 is 1. The molecular formula is C21H23NO3. The lowest BCUT2D eigenvalue weighted by atomic mass is 10.1. The van der Waals surface area contributed by atoms with Crippen molar-refractivity contribution in [1.82, 2.24) is 4.57 Å². The summed E-state index contributed by atoms with van der Waals surface area (Å²) in [5.74, 6) is 0.482. The van der Waals surface area contributed by atoms with E-state index in [1.807, 2.05) is 18.2 Å². The van der Waals surface area contributed by atoms with Gasteiger partial charge in [0.25, 0.3) is 0 Å². The van der Waals surface area contributed by atoms with E-state index in [0.717, 1.165) is 28.6 Å². The van der Waals surface area contributed by atoms with Gasteiger partial charge in [-0.25, -0.2) is 4.79 Å². The molecule has 25 heavy (non-hydrogen) atoms. The van der Waals surface area contributed by atoms with Gasteiger partial charge in [0.15, 0.2) is 0 Å². The van der Waals surface area contributed by atoms with E-state index in [0.29, 0.717) is 18.0 Å². The maximum absolute atomic E-state index is 11.2. The number of nitrogens with zero attached hydrogens (tertiary/aromatic N) is 1. The van der Waals surface area contributed by atoms with E-state index in [4.69, 9.17) is 4.74 Å². The fourth-order valence-corrected chi connectivity index (χ4v) is 3.19. The Balaban J connectivity index is 2.06. The molecule has 0 saturated heterocycles. The SMILES string of the molecule is COc1ccc2c(c1)cc(CC(C)C)n2Cc1cccc(C(=O)O)c1. The number of fused-ring (bicyclic) bond motifs is 1. The van der Waals surface area contributed by atoms with Crippen LogP contribution in [0.15, 0.2) is 48.5 Å². The first-order valence-electron chi connectivity index (χ1n) is 8.46. The van der Waals surface area contributed by atoms with Crippen LogP contribution in [0, 0.1) is 5.92 Å². The monoisotopic (exact) mass is 337 g/mol. The number of aromatic nitrogens is 1. The third kappa shape index (κ3) is 3.68. The summed E-state index contributed by atoms with van der Waals surface area (Å²) in [7, 11) is 1.67. The number of benzene rings is 2. The molecule has 0 aliphatic carbocycles. The van der Waals surface area contributed by atoms with Crippen LogP contribution in [0.25, 0.3) is 10.9 Å². The molecule has 0 radical (unpaired) electrons. The van der Waals surface area contributed by atoms with Crippen molar-refractivity contribution >= 4 is 16.9 Å². The zero-order valence-corrected chi connectivity index (χ0v) is 14.8. The van der Waals surface area contributed by atoms with Crippen LogP contribution in [-0.2, 0) is 13.0 Å². The molecule has 0 aliphatic heterocycles. The molecule has 1 N–H and O–H groups in total. The molecule has 0 atom stereocenters. The highest BCUT2D eigenvalue weighted by Crippen LogP contribution is 2.27. The zero-order chi connectivity index (χ0) is 18.0. The fraction of sp³-hybridized carbons (Fsp3) is 0.286. The first kappa shape index (κ1) is 17.1. The lowest BCUT2D eigenvalue weighted by Crippen LogP contribution is -2.07. The minimum Gasteiger partial charge on any atom is -0.497 e. The third-order valence-corrected chi connectivity index (χ3v) is 4.33. The molecule has 0 bridgehead atoms. The number of carboxylic acids is 1. The van der Waals surface area contributed by atoms with Gasteiger partial charge in [-0.15, -0.1) is 0 Å². The fourth-order valence-electron chi connectivity index (χ4n) is 3.19. The van der Waals surface area contributed by atoms with E-state index >= 15 is 0 Å². The molecule has 2 aromatic carbocycles. The Morgan fingerprint density at radius 3 is 2.64 bits per heavy atom. The molecule has 3 rings (SSSR count). The van der Waals surface area contributed by atoms with Gasteiger partial charge in [0.2, 0.25) is 0 Å². The van der Waals surface area contributed by atoms with Crippen molar-refractivity contribution in [1.29, 1.82) is 0 Å². The third-order valence-electron chi connectivity index (χ3n) is 4.33. The molecule has 0 fully saturated rings. The van der Waals surface area contributed by atoms with E-state index < -0.39 is 5.97 Å². The lowest BCUT2D eigenvalue weighted by Gasteiger charge is -2.13. The minimum absolute atomic E-state index is 0.320. The van der Waals surface area contributed by atoms with Gasteiger partial charge in [0.1, 0.15) is 5.75 Å². The number of aromatic carboxylic acids is 1. The number of hydrogen-bond acceptors (Lipinski definition) is 2. The van der Waals surface area contributed by atoms with Crippen molar-refractivity contribution in [3.05, 3.63) is 65.4 Å².